The van der Waals surface area contributed by atoms with Gasteiger partial charge in [0.25, 0.3) is 0 Å². The Labute approximate surface area is 131 Å². The van der Waals surface area contributed by atoms with Crippen LogP contribution in [0.25, 0.3) is 0 Å². The van der Waals surface area contributed by atoms with E-state index in [1.165, 1.54) is 6.33 Å². The molecule has 0 amide bonds. The zero-order valence-corrected chi connectivity index (χ0v) is 12.4. The summed E-state index contributed by atoms with van der Waals surface area (Å²) in [5.41, 5.74) is 0.405. The highest BCUT2D eigenvalue weighted by Crippen LogP contribution is 2.36. The first-order valence-corrected chi connectivity index (χ1v) is 7.09. The molecule has 0 bridgehead atoms. The van der Waals surface area contributed by atoms with Crippen molar-refractivity contribution in [2.45, 2.75) is 6.92 Å². The topological polar surface area (TPSA) is 111 Å². The molecule has 0 saturated carbocycles. The summed E-state index contributed by atoms with van der Waals surface area (Å²) in [6.07, 6.45) is 1.27. The molecular formula is C14H15N5O4. The van der Waals surface area contributed by atoms with Crippen LogP contribution in [-0.2, 0) is 0 Å². The molecule has 0 fully saturated rings. The first kappa shape index (κ1) is 14.8. The number of hydrogen-bond donors (Lipinski definition) is 2. The van der Waals surface area contributed by atoms with E-state index in [0.29, 0.717) is 36.9 Å². The Balaban J connectivity index is 1.93. The molecule has 0 saturated heterocycles. The van der Waals surface area contributed by atoms with Gasteiger partial charge in [0.15, 0.2) is 11.5 Å². The lowest BCUT2D eigenvalue weighted by Gasteiger charge is -2.19. The van der Waals surface area contributed by atoms with Gasteiger partial charge in [0.1, 0.15) is 19.5 Å². The van der Waals surface area contributed by atoms with E-state index < -0.39 is 4.92 Å². The molecule has 1 aliphatic heterocycles. The van der Waals surface area contributed by atoms with Gasteiger partial charge in [-0.1, -0.05) is 0 Å². The number of nitrogens with one attached hydrogen (secondary N) is 2. The largest absolute Gasteiger partial charge is 0.486 e. The minimum atomic E-state index is -0.516. The second-order valence-electron chi connectivity index (χ2n) is 4.69. The molecule has 120 valence electrons. The third kappa shape index (κ3) is 3.07. The zero-order chi connectivity index (χ0) is 16.2. The Hall–Kier alpha value is -3.10. The molecule has 9 nitrogen and oxygen atoms in total. The first-order valence-electron chi connectivity index (χ1n) is 7.09. The molecule has 1 aromatic carbocycles. The lowest BCUT2D eigenvalue weighted by atomic mass is 10.2. The normalized spacial score (nSPS) is 12.6. The fourth-order valence-electron chi connectivity index (χ4n) is 2.20. The molecule has 0 spiro atoms. The van der Waals surface area contributed by atoms with Gasteiger partial charge in [-0.2, -0.15) is 0 Å². The summed E-state index contributed by atoms with van der Waals surface area (Å²) in [5, 5.41) is 17.1. The van der Waals surface area contributed by atoms with Crippen molar-refractivity contribution in [2.24, 2.45) is 0 Å². The van der Waals surface area contributed by atoms with E-state index in [9.17, 15) is 10.1 Å². The van der Waals surface area contributed by atoms with E-state index >= 15 is 0 Å². The highest BCUT2D eigenvalue weighted by atomic mass is 16.6. The predicted molar refractivity (Wildman–Crippen MR) is 83.6 cm³/mol. The number of aromatic nitrogens is 2. The molecule has 9 heteroatoms. The van der Waals surface area contributed by atoms with Crippen LogP contribution in [0.3, 0.4) is 0 Å². The predicted octanol–water partition coefficient (Wildman–Crippen LogP) is 2.33. The fourth-order valence-corrected chi connectivity index (χ4v) is 2.20. The van der Waals surface area contributed by atoms with Crippen molar-refractivity contribution in [2.75, 3.05) is 30.4 Å². The lowest BCUT2D eigenvalue weighted by molar-refractivity contribution is -0.383. The van der Waals surface area contributed by atoms with Crippen molar-refractivity contribution in [3.05, 3.63) is 34.6 Å². The van der Waals surface area contributed by atoms with Gasteiger partial charge in [0.05, 0.1) is 4.92 Å². The zero-order valence-electron chi connectivity index (χ0n) is 12.4. The van der Waals surface area contributed by atoms with Gasteiger partial charge >= 0.3 is 5.69 Å². The maximum absolute atomic E-state index is 11.3. The third-order valence-electron chi connectivity index (χ3n) is 3.15. The van der Waals surface area contributed by atoms with Crippen molar-refractivity contribution < 1.29 is 14.4 Å². The molecule has 0 atom stereocenters. The highest BCUT2D eigenvalue weighted by molar-refractivity contribution is 5.74. The van der Waals surface area contributed by atoms with Crippen LogP contribution >= 0.6 is 0 Å². The Morgan fingerprint density at radius 3 is 2.70 bits per heavy atom. The minimum absolute atomic E-state index is 0.109. The van der Waals surface area contributed by atoms with E-state index in [0.717, 1.165) is 0 Å². The molecule has 0 unspecified atom stereocenters. The van der Waals surface area contributed by atoms with E-state index in [1.807, 2.05) is 6.92 Å². The Bertz CT molecular complexity index is 737. The van der Waals surface area contributed by atoms with Gasteiger partial charge in [0, 0.05) is 18.3 Å². The van der Waals surface area contributed by atoms with E-state index in [4.69, 9.17) is 9.47 Å². The molecule has 23 heavy (non-hydrogen) atoms. The Morgan fingerprint density at radius 1 is 1.22 bits per heavy atom. The van der Waals surface area contributed by atoms with E-state index in [1.54, 1.807) is 18.2 Å². The summed E-state index contributed by atoms with van der Waals surface area (Å²) in [6, 6.07) is 5.20. The van der Waals surface area contributed by atoms with Crippen molar-refractivity contribution in [3.63, 3.8) is 0 Å². The Kier molecular flexibility index (Phi) is 4.09. The number of hydrogen-bond acceptors (Lipinski definition) is 8. The summed E-state index contributed by atoms with van der Waals surface area (Å²) in [5.74, 6) is 1.52. The van der Waals surface area contributed by atoms with Crippen LogP contribution < -0.4 is 20.1 Å². The molecule has 1 aliphatic rings. The molecule has 2 N–H and O–H groups in total. The number of fused-ring (bicyclic) bond motifs is 1. The maximum atomic E-state index is 11.3. The fraction of sp³-hybridized carbons (Fsp3) is 0.286. The van der Waals surface area contributed by atoms with E-state index in [-0.39, 0.29) is 17.3 Å². The molecule has 0 radical (unpaired) electrons. The van der Waals surface area contributed by atoms with Crippen LogP contribution in [-0.4, -0.2) is 34.6 Å². The summed E-state index contributed by atoms with van der Waals surface area (Å²) < 4.78 is 10.9. The SMILES string of the molecule is CCNc1ncnc(Nc2ccc3c(c2)OCCO3)c1[N+](=O)[O-]. The number of nitrogens with zero attached hydrogens (tertiary/aromatic N) is 3. The minimum Gasteiger partial charge on any atom is -0.486 e. The molecule has 1 aromatic heterocycles. The van der Waals surface area contributed by atoms with Crippen LogP contribution in [0.2, 0.25) is 0 Å². The van der Waals surface area contributed by atoms with Crippen molar-refractivity contribution >= 4 is 23.0 Å². The number of benzene rings is 1. The third-order valence-corrected chi connectivity index (χ3v) is 3.15. The van der Waals surface area contributed by atoms with Crippen LogP contribution in [0.5, 0.6) is 11.5 Å². The van der Waals surface area contributed by atoms with Gasteiger partial charge in [0.2, 0.25) is 11.6 Å². The average Bonchev–Trinajstić information content (AvgIpc) is 2.55. The maximum Gasteiger partial charge on any atom is 0.353 e. The second-order valence-corrected chi connectivity index (χ2v) is 4.69. The summed E-state index contributed by atoms with van der Waals surface area (Å²) in [7, 11) is 0. The van der Waals surface area contributed by atoms with Crippen LogP contribution in [0.4, 0.5) is 23.0 Å². The second kappa shape index (κ2) is 6.34. The van der Waals surface area contributed by atoms with Crippen molar-refractivity contribution in [1.82, 2.24) is 9.97 Å². The van der Waals surface area contributed by atoms with Gasteiger partial charge in [-0.05, 0) is 19.1 Å². The summed E-state index contributed by atoms with van der Waals surface area (Å²) >= 11 is 0. The van der Waals surface area contributed by atoms with Gasteiger partial charge < -0.3 is 20.1 Å². The van der Waals surface area contributed by atoms with E-state index in [2.05, 4.69) is 20.6 Å². The standard InChI is InChI=1S/C14H15N5O4/c1-2-15-13-12(19(20)21)14(17-8-16-13)18-9-3-4-10-11(7-9)23-6-5-22-10/h3-4,7-8H,2,5-6H2,1H3,(H2,15,16,17,18). The van der Waals surface area contributed by atoms with Crippen molar-refractivity contribution in [3.8, 4) is 11.5 Å². The quantitative estimate of drug-likeness (QED) is 0.638. The molecule has 2 heterocycles. The first-order chi connectivity index (χ1) is 11.2. The monoisotopic (exact) mass is 317 g/mol. The Morgan fingerprint density at radius 2 is 1.96 bits per heavy atom. The summed E-state index contributed by atoms with van der Waals surface area (Å²) in [4.78, 5) is 18.7. The molecule has 0 aliphatic carbocycles. The lowest BCUT2D eigenvalue weighted by Crippen LogP contribution is -2.15. The van der Waals surface area contributed by atoms with Gasteiger partial charge in [-0.25, -0.2) is 9.97 Å². The molecular weight excluding hydrogens is 302 g/mol. The number of anilines is 3. The summed E-state index contributed by atoms with van der Waals surface area (Å²) in [6.45, 7) is 3.32. The molecule has 2 aromatic rings. The highest BCUT2D eigenvalue weighted by Gasteiger charge is 2.23. The van der Waals surface area contributed by atoms with Crippen LogP contribution in [0.1, 0.15) is 6.92 Å². The van der Waals surface area contributed by atoms with Crippen LogP contribution in [0.15, 0.2) is 24.5 Å². The smallest absolute Gasteiger partial charge is 0.353 e. The number of rotatable bonds is 5. The van der Waals surface area contributed by atoms with Gasteiger partial charge in [-0.3, -0.25) is 10.1 Å². The number of ether oxygens (including phenoxy) is 2. The van der Waals surface area contributed by atoms with Crippen molar-refractivity contribution in [1.29, 1.82) is 0 Å². The van der Waals surface area contributed by atoms with Crippen LogP contribution in [0, 0.1) is 10.1 Å². The number of nitro groups is 1. The molecule has 3 rings (SSSR count). The van der Waals surface area contributed by atoms with Gasteiger partial charge in [-0.15, -0.1) is 0 Å². The average molecular weight is 317 g/mol.